The van der Waals surface area contributed by atoms with E-state index in [2.05, 4.69) is 35.0 Å². The first-order valence-corrected chi connectivity index (χ1v) is 10.2. The van der Waals surface area contributed by atoms with E-state index in [-0.39, 0.29) is 17.5 Å². The number of ether oxygens (including phenoxy) is 1. The lowest BCUT2D eigenvalue weighted by molar-refractivity contribution is -0.153. The Hall–Kier alpha value is -4.48. The molecule has 3 aromatic heterocycles. The van der Waals surface area contributed by atoms with Crippen molar-refractivity contribution < 1.29 is 27.1 Å². The molecule has 0 bridgehead atoms. The van der Waals surface area contributed by atoms with Gasteiger partial charge in [0.25, 0.3) is 5.91 Å². The summed E-state index contributed by atoms with van der Waals surface area (Å²) in [6.07, 6.45) is -0.0762. The zero-order chi connectivity index (χ0) is 25.2. The molecule has 0 saturated heterocycles. The van der Waals surface area contributed by atoms with Crippen LogP contribution in [0.2, 0.25) is 0 Å². The van der Waals surface area contributed by atoms with Crippen molar-refractivity contribution in [1.29, 1.82) is 0 Å². The molecule has 0 spiro atoms. The quantitative estimate of drug-likeness (QED) is 0.385. The Balaban J connectivity index is 1.57. The summed E-state index contributed by atoms with van der Waals surface area (Å²) >= 11 is 0. The molecular formula is C23H19F3N6O3. The molecule has 4 aromatic rings. The van der Waals surface area contributed by atoms with Gasteiger partial charge in [0.1, 0.15) is 5.75 Å². The second-order valence-corrected chi connectivity index (χ2v) is 7.40. The Morgan fingerprint density at radius 3 is 2.63 bits per heavy atom. The lowest BCUT2D eigenvalue weighted by Crippen LogP contribution is -2.18. The molecule has 12 heteroatoms. The van der Waals surface area contributed by atoms with E-state index >= 15 is 0 Å². The zero-order valence-electron chi connectivity index (χ0n) is 18.8. The summed E-state index contributed by atoms with van der Waals surface area (Å²) < 4.78 is 49.3. The van der Waals surface area contributed by atoms with Crippen molar-refractivity contribution in [2.75, 3.05) is 17.7 Å². The summed E-state index contributed by atoms with van der Waals surface area (Å²) in [6.45, 7) is 3.04. The van der Waals surface area contributed by atoms with E-state index in [4.69, 9.17) is 4.74 Å². The normalized spacial score (nSPS) is 11.3. The first-order chi connectivity index (χ1) is 16.6. The van der Waals surface area contributed by atoms with Crippen LogP contribution in [0.1, 0.15) is 27.7 Å². The van der Waals surface area contributed by atoms with Gasteiger partial charge in [0, 0.05) is 36.3 Å². The highest BCUT2D eigenvalue weighted by molar-refractivity contribution is 6.04. The number of hydrogen-bond acceptors (Lipinski definition) is 8. The van der Waals surface area contributed by atoms with Crippen molar-refractivity contribution in [2.45, 2.75) is 20.0 Å². The molecule has 9 nitrogen and oxygen atoms in total. The third-order valence-corrected chi connectivity index (χ3v) is 4.85. The number of rotatable bonds is 6. The third-order valence-electron chi connectivity index (χ3n) is 4.85. The van der Waals surface area contributed by atoms with E-state index in [9.17, 15) is 18.0 Å². The summed E-state index contributed by atoms with van der Waals surface area (Å²) in [7, 11) is 1.54. The largest absolute Gasteiger partial charge is 0.495 e. The smallest absolute Gasteiger partial charge is 0.452 e. The van der Waals surface area contributed by atoms with E-state index in [1.807, 2.05) is 6.92 Å². The minimum Gasteiger partial charge on any atom is -0.495 e. The number of carbonyl (C=O) groups is 1. The lowest BCUT2D eigenvalue weighted by atomic mass is 10.1. The van der Waals surface area contributed by atoms with Gasteiger partial charge in [-0.2, -0.15) is 13.2 Å². The number of aromatic nitrogens is 4. The zero-order valence-corrected chi connectivity index (χ0v) is 18.8. The number of benzene rings is 1. The Kier molecular flexibility index (Phi) is 6.36. The fraction of sp³-hybridized carbons (Fsp3) is 0.174. The average molecular weight is 484 g/mol. The van der Waals surface area contributed by atoms with Gasteiger partial charge in [0.2, 0.25) is 11.7 Å². The average Bonchev–Trinajstić information content (AvgIpc) is 3.24. The molecule has 1 amide bonds. The van der Waals surface area contributed by atoms with E-state index in [1.54, 1.807) is 48.9 Å². The Morgan fingerprint density at radius 1 is 1.09 bits per heavy atom. The SMILES string of the molecule is COc1cncc(-c2ccnc(Nc3cc(NC(=O)c4nc(C)oc4C(F)(F)F)ccc3C)n2)c1. The van der Waals surface area contributed by atoms with E-state index in [0.29, 0.717) is 17.1 Å². The van der Waals surface area contributed by atoms with Gasteiger partial charge in [0.05, 0.1) is 19.0 Å². The molecule has 0 unspecified atom stereocenters. The maximum Gasteiger partial charge on any atom is 0.452 e. The number of carbonyl (C=O) groups excluding carboxylic acids is 1. The summed E-state index contributed by atoms with van der Waals surface area (Å²) in [5.41, 5.74) is 2.04. The van der Waals surface area contributed by atoms with E-state index < -0.39 is 23.5 Å². The fourth-order valence-corrected chi connectivity index (χ4v) is 3.17. The van der Waals surface area contributed by atoms with Crippen LogP contribution >= 0.6 is 0 Å². The van der Waals surface area contributed by atoms with Crippen LogP contribution in [0.3, 0.4) is 0 Å². The van der Waals surface area contributed by atoms with Gasteiger partial charge in [-0.1, -0.05) is 6.07 Å². The number of alkyl halides is 3. The van der Waals surface area contributed by atoms with Gasteiger partial charge in [-0.05, 0) is 36.8 Å². The van der Waals surface area contributed by atoms with Crippen LogP contribution in [-0.2, 0) is 6.18 Å². The van der Waals surface area contributed by atoms with Gasteiger partial charge in [-0.25, -0.2) is 15.0 Å². The Bertz CT molecular complexity index is 1390. The maximum absolute atomic E-state index is 13.2. The summed E-state index contributed by atoms with van der Waals surface area (Å²) in [5.74, 6) is -1.92. The second-order valence-electron chi connectivity index (χ2n) is 7.40. The van der Waals surface area contributed by atoms with Gasteiger partial charge in [-0.15, -0.1) is 0 Å². The Labute approximate surface area is 197 Å². The first kappa shape index (κ1) is 23.7. The number of nitrogens with zero attached hydrogens (tertiary/aromatic N) is 4. The summed E-state index contributed by atoms with van der Waals surface area (Å²) in [6, 6.07) is 8.28. The minimum absolute atomic E-state index is 0.241. The van der Waals surface area contributed by atoms with Crippen LogP contribution < -0.4 is 15.4 Å². The van der Waals surface area contributed by atoms with Crippen LogP contribution in [0.25, 0.3) is 11.3 Å². The molecule has 0 aliphatic carbocycles. The lowest BCUT2D eigenvalue weighted by Gasteiger charge is -2.12. The highest BCUT2D eigenvalue weighted by Crippen LogP contribution is 2.33. The number of oxazole rings is 1. The highest BCUT2D eigenvalue weighted by Gasteiger charge is 2.41. The van der Waals surface area contributed by atoms with E-state index in [1.165, 1.54) is 14.0 Å². The molecule has 4 rings (SSSR count). The number of amides is 1. The fourth-order valence-electron chi connectivity index (χ4n) is 3.17. The van der Waals surface area contributed by atoms with Crippen molar-refractivity contribution in [2.24, 2.45) is 0 Å². The van der Waals surface area contributed by atoms with Crippen molar-refractivity contribution >= 4 is 23.2 Å². The molecule has 0 fully saturated rings. The van der Waals surface area contributed by atoms with Crippen molar-refractivity contribution in [1.82, 2.24) is 19.9 Å². The molecule has 180 valence electrons. The van der Waals surface area contributed by atoms with Gasteiger partial charge < -0.3 is 19.8 Å². The third kappa shape index (κ3) is 5.37. The minimum atomic E-state index is -4.85. The number of aryl methyl sites for hydroxylation is 2. The van der Waals surface area contributed by atoms with Gasteiger partial charge >= 0.3 is 6.18 Å². The van der Waals surface area contributed by atoms with Crippen molar-refractivity contribution in [3.05, 3.63) is 71.8 Å². The van der Waals surface area contributed by atoms with E-state index in [0.717, 1.165) is 11.1 Å². The molecular weight excluding hydrogens is 465 g/mol. The monoisotopic (exact) mass is 484 g/mol. The molecule has 2 N–H and O–H groups in total. The highest BCUT2D eigenvalue weighted by atomic mass is 19.4. The summed E-state index contributed by atoms with van der Waals surface area (Å²) in [5, 5.41) is 5.49. The van der Waals surface area contributed by atoms with Gasteiger partial charge in [0.15, 0.2) is 11.6 Å². The predicted octanol–water partition coefficient (Wildman–Crippen LogP) is 5.17. The number of pyridine rings is 1. The van der Waals surface area contributed by atoms with Gasteiger partial charge in [-0.3, -0.25) is 9.78 Å². The maximum atomic E-state index is 13.2. The number of halogens is 3. The molecule has 0 atom stereocenters. The van der Waals surface area contributed by atoms with Crippen LogP contribution in [-0.4, -0.2) is 33.0 Å². The number of nitrogens with one attached hydrogen (secondary N) is 2. The van der Waals surface area contributed by atoms with Crippen molar-refractivity contribution in [3.8, 4) is 17.0 Å². The molecule has 3 heterocycles. The molecule has 35 heavy (non-hydrogen) atoms. The summed E-state index contributed by atoms with van der Waals surface area (Å²) in [4.78, 5) is 28.9. The number of hydrogen-bond donors (Lipinski definition) is 2. The van der Waals surface area contributed by atoms with Crippen LogP contribution in [0.15, 0.2) is 53.3 Å². The second kappa shape index (κ2) is 9.41. The molecule has 1 aromatic carbocycles. The molecule has 0 radical (unpaired) electrons. The topological polar surface area (TPSA) is 115 Å². The molecule has 0 aliphatic rings. The standard InChI is InChI=1S/C23H19F3N6O3/c1-12-4-5-15(30-21(33)19-20(23(24,25)26)35-13(2)29-19)9-18(12)32-22-28-7-6-17(31-22)14-8-16(34-3)11-27-10-14/h4-11H,1-3H3,(H,30,33)(H,28,31,32). The molecule has 0 aliphatic heterocycles. The number of anilines is 3. The Morgan fingerprint density at radius 2 is 1.89 bits per heavy atom. The van der Waals surface area contributed by atoms with Crippen LogP contribution in [0.4, 0.5) is 30.5 Å². The van der Waals surface area contributed by atoms with Crippen molar-refractivity contribution in [3.63, 3.8) is 0 Å². The first-order valence-electron chi connectivity index (χ1n) is 10.2. The molecule has 0 saturated carbocycles. The number of methoxy groups -OCH3 is 1. The van der Waals surface area contributed by atoms with Crippen LogP contribution in [0, 0.1) is 13.8 Å². The predicted molar refractivity (Wildman–Crippen MR) is 120 cm³/mol. The van der Waals surface area contributed by atoms with Crippen LogP contribution in [0.5, 0.6) is 5.75 Å².